The number of anilines is 1. The van der Waals surface area contributed by atoms with Gasteiger partial charge in [-0.15, -0.1) is 0 Å². The number of nitro groups is 1. The highest BCUT2D eigenvalue weighted by atomic mass is 19.4. The van der Waals surface area contributed by atoms with Crippen molar-refractivity contribution < 1.29 is 22.8 Å². The van der Waals surface area contributed by atoms with Gasteiger partial charge in [0.1, 0.15) is 5.69 Å². The van der Waals surface area contributed by atoms with Gasteiger partial charge in [0.15, 0.2) is 0 Å². The summed E-state index contributed by atoms with van der Waals surface area (Å²) >= 11 is 0. The third kappa shape index (κ3) is 4.37. The van der Waals surface area contributed by atoms with Gasteiger partial charge in [-0.05, 0) is 26.0 Å². The molecule has 0 heterocycles. The van der Waals surface area contributed by atoms with Crippen molar-refractivity contribution in [3.05, 3.63) is 33.9 Å². The van der Waals surface area contributed by atoms with Gasteiger partial charge in [0.2, 0.25) is 0 Å². The van der Waals surface area contributed by atoms with Crippen molar-refractivity contribution in [2.75, 3.05) is 18.5 Å². The summed E-state index contributed by atoms with van der Waals surface area (Å²) in [5.74, 6) is 0. The summed E-state index contributed by atoms with van der Waals surface area (Å²) in [6.07, 6.45) is -4.61. The molecule has 0 fully saturated rings. The molecule has 112 valence electrons. The van der Waals surface area contributed by atoms with E-state index in [0.29, 0.717) is 19.3 Å². The van der Waals surface area contributed by atoms with E-state index in [-0.39, 0.29) is 11.7 Å². The van der Waals surface area contributed by atoms with Gasteiger partial charge in [-0.3, -0.25) is 10.1 Å². The Morgan fingerprint density at radius 2 is 2.10 bits per heavy atom. The Morgan fingerprint density at radius 1 is 1.45 bits per heavy atom. The van der Waals surface area contributed by atoms with Crippen molar-refractivity contribution in [3.63, 3.8) is 0 Å². The molecule has 1 rings (SSSR count). The number of halogens is 3. The Balaban J connectivity index is 2.99. The summed E-state index contributed by atoms with van der Waals surface area (Å²) in [4.78, 5) is 10.0. The number of nitrogens with zero attached hydrogens (tertiary/aromatic N) is 1. The highest BCUT2D eigenvalue weighted by Gasteiger charge is 2.33. The Labute approximate surface area is 113 Å². The predicted molar refractivity (Wildman–Crippen MR) is 67.7 cm³/mol. The minimum atomic E-state index is -4.61. The van der Waals surface area contributed by atoms with Gasteiger partial charge >= 0.3 is 6.18 Å². The van der Waals surface area contributed by atoms with Crippen molar-refractivity contribution in [3.8, 4) is 0 Å². The molecule has 1 aromatic rings. The van der Waals surface area contributed by atoms with Gasteiger partial charge < -0.3 is 10.1 Å². The molecule has 1 aromatic carbocycles. The number of alkyl halides is 3. The highest BCUT2D eigenvalue weighted by molar-refractivity contribution is 5.63. The van der Waals surface area contributed by atoms with E-state index >= 15 is 0 Å². The highest BCUT2D eigenvalue weighted by Crippen LogP contribution is 2.35. The molecule has 20 heavy (non-hydrogen) atoms. The summed E-state index contributed by atoms with van der Waals surface area (Å²) < 4.78 is 42.7. The molecule has 1 N–H and O–H groups in total. The van der Waals surface area contributed by atoms with Crippen LogP contribution in [0.25, 0.3) is 0 Å². The summed E-state index contributed by atoms with van der Waals surface area (Å²) in [7, 11) is 0. The fraction of sp³-hybridized carbons (Fsp3) is 0.500. The summed E-state index contributed by atoms with van der Waals surface area (Å²) in [6.45, 7) is 4.31. The maximum absolute atomic E-state index is 12.5. The van der Waals surface area contributed by atoms with Crippen LogP contribution in [0.4, 0.5) is 24.5 Å². The van der Waals surface area contributed by atoms with Crippen molar-refractivity contribution in [1.82, 2.24) is 0 Å². The molecule has 0 radical (unpaired) electrons. The molecule has 0 bridgehead atoms. The first-order valence-corrected chi connectivity index (χ1v) is 5.95. The van der Waals surface area contributed by atoms with Crippen LogP contribution in [-0.4, -0.2) is 24.2 Å². The SMILES string of the molecule is CCOCC(C)Nc1ccc(C(F)(F)F)cc1[N+](=O)[O-]. The smallest absolute Gasteiger partial charge is 0.380 e. The Morgan fingerprint density at radius 3 is 2.60 bits per heavy atom. The maximum Gasteiger partial charge on any atom is 0.416 e. The number of ether oxygens (including phenoxy) is 1. The number of hydrogen-bond donors (Lipinski definition) is 1. The second-order valence-electron chi connectivity index (χ2n) is 4.19. The average molecular weight is 292 g/mol. The number of nitrogens with one attached hydrogen (secondary N) is 1. The molecule has 0 aliphatic carbocycles. The molecule has 1 unspecified atom stereocenters. The molecular weight excluding hydrogens is 277 g/mol. The first-order valence-electron chi connectivity index (χ1n) is 5.95. The molecule has 8 heteroatoms. The number of rotatable bonds is 6. The van der Waals surface area contributed by atoms with E-state index in [2.05, 4.69) is 5.32 Å². The molecule has 5 nitrogen and oxygen atoms in total. The van der Waals surface area contributed by atoms with Crippen LogP contribution < -0.4 is 5.32 Å². The molecule has 0 aliphatic rings. The molecule has 0 aliphatic heterocycles. The van der Waals surface area contributed by atoms with Gasteiger partial charge in [0.25, 0.3) is 5.69 Å². The summed E-state index contributed by atoms with van der Waals surface area (Å²) in [5, 5.41) is 13.6. The first-order chi connectivity index (χ1) is 9.25. The summed E-state index contributed by atoms with van der Waals surface area (Å²) in [6, 6.07) is 2.13. The van der Waals surface area contributed by atoms with Crippen LogP contribution in [0.3, 0.4) is 0 Å². The van der Waals surface area contributed by atoms with Crippen LogP contribution in [0.5, 0.6) is 0 Å². The van der Waals surface area contributed by atoms with Crippen molar-refractivity contribution in [2.45, 2.75) is 26.1 Å². The fourth-order valence-electron chi connectivity index (χ4n) is 1.58. The number of benzene rings is 1. The molecule has 0 saturated carbocycles. The van der Waals surface area contributed by atoms with E-state index in [1.807, 2.05) is 0 Å². The van der Waals surface area contributed by atoms with E-state index < -0.39 is 22.4 Å². The van der Waals surface area contributed by atoms with Crippen LogP contribution in [0.15, 0.2) is 18.2 Å². The monoisotopic (exact) mass is 292 g/mol. The zero-order valence-electron chi connectivity index (χ0n) is 11.0. The molecular formula is C12H15F3N2O3. The van der Waals surface area contributed by atoms with E-state index in [9.17, 15) is 23.3 Å². The lowest BCUT2D eigenvalue weighted by Gasteiger charge is -2.16. The zero-order chi connectivity index (χ0) is 15.3. The van der Waals surface area contributed by atoms with Crippen LogP contribution in [-0.2, 0) is 10.9 Å². The van der Waals surface area contributed by atoms with Gasteiger partial charge in [-0.25, -0.2) is 0 Å². The Hall–Kier alpha value is -1.83. The topological polar surface area (TPSA) is 64.4 Å². The van der Waals surface area contributed by atoms with Crippen LogP contribution in [0, 0.1) is 10.1 Å². The van der Waals surface area contributed by atoms with Gasteiger partial charge in [-0.2, -0.15) is 13.2 Å². The van der Waals surface area contributed by atoms with Crippen molar-refractivity contribution in [2.24, 2.45) is 0 Å². The maximum atomic E-state index is 12.5. The fourth-order valence-corrected chi connectivity index (χ4v) is 1.58. The van der Waals surface area contributed by atoms with Gasteiger partial charge in [0.05, 0.1) is 17.1 Å². The average Bonchev–Trinajstić information content (AvgIpc) is 2.35. The van der Waals surface area contributed by atoms with E-state index in [4.69, 9.17) is 4.74 Å². The number of hydrogen-bond acceptors (Lipinski definition) is 4. The number of nitro benzene ring substituents is 1. The molecule has 0 spiro atoms. The molecule has 1 atom stereocenters. The largest absolute Gasteiger partial charge is 0.416 e. The molecule has 0 saturated heterocycles. The Bertz CT molecular complexity index is 478. The second-order valence-corrected chi connectivity index (χ2v) is 4.19. The molecule has 0 amide bonds. The van der Waals surface area contributed by atoms with Crippen LogP contribution in [0.2, 0.25) is 0 Å². The second kappa shape index (κ2) is 6.56. The lowest BCUT2D eigenvalue weighted by atomic mass is 10.1. The van der Waals surface area contributed by atoms with Crippen LogP contribution in [0.1, 0.15) is 19.4 Å². The minimum absolute atomic E-state index is 0.0372. The normalized spacial score (nSPS) is 13.1. The van der Waals surface area contributed by atoms with E-state index in [0.717, 1.165) is 12.1 Å². The standard InChI is InChI=1S/C12H15F3N2O3/c1-3-20-7-8(2)16-10-5-4-9(12(13,14)15)6-11(10)17(18)19/h4-6,8,16H,3,7H2,1-2H3. The lowest BCUT2D eigenvalue weighted by Crippen LogP contribution is -2.22. The minimum Gasteiger partial charge on any atom is -0.380 e. The lowest BCUT2D eigenvalue weighted by molar-refractivity contribution is -0.384. The Kier molecular flexibility index (Phi) is 5.32. The van der Waals surface area contributed by atoms with Crippen molar-refractivity contribution >= 4 is 11.4 Å². The predicted octanol–water partition coefficient (Wildman–Crippen LogP) is 3.45. The van der Waals surface area contributed by atoms with E-state index in [1.54, 1.807) is 13.8 Å². The third-order valence-electron chi connectivity index (χ3n) is 2.50. The van der Waals surface area contributed by atoms with Crippen molar-refractivity contribution in [1.29, 1.82) is 0 Å². The van der Waals surface area contributed by atoms with Gasteiger partial charge in [0, 0.05) is 18.7 Å². The van der Waals surface area contributed by atoms with E-state index in [1.165, 1.54) is 0 Å². The first kappa shape index (κ1) is 16.2. The van der Waals surface area contributed by atoms with Crippen LogP contribution >= 0.6 is 0 Å². The zero-order valence-corrected chi connectivity index (χ0v) is 11.0. The van der Waals surface area contributed by atoms with Gasteiger partial charge in [-0.1, -0.05) is 0 Å². The molecule has 0 aromatic heterocycles. The quantitative estimate of drug-likeness (QED) is 0.644. The third-order valence-corrected chi connectivity index (χ3v) is 2.50. The summed E-state index contributed by atoms with van der Waals surface area (Å²) in [5.41, 5.74) is -1.62.